The van der Waals surface area contributed by atoms with Gasteiger partial charge in [-0.25, -0.2) is 0 Å². The lowest BCUT2D eigenvalue weighted by Crippen LogP contribution is -2.30. The number of nitrogens with zero attached hydrogens (tertiary/aromatic N) is 1. The molecular weight excluding hydrogens is 410 g/mol. The van der Waals surface area contributed by atoms with Crippen LogP contribution in [0.2, 0.25) is 0 Å². The van der Waals surface area contributed by atoms with Crippen LogP contribution in [0.1, 0.15) is 15.8 Å². The SMILES string of the molecule is COc1ccc(CCN2C(=O)CSC2c2ccc(Br)s2)cc1OC. The van der Waals surface area contributed by atoms with Crippen molar-refractivity contribution in [3.63, 3.8) is 0 Å². The first-order chi connectivity index (χ1) is 11.6. The van der Waals surface area contributed by atoms with E-state index in [0.717, 1.165) is 27.3 Å². The number of hydrogen-bond donors (Lipinski definition) is 0. The van der Waals surface area contributed by atoms with E-state index in [1.807, 2.05) is 29.2 Å². The third-order valence-electron chi connectivity index (χ3n) is 3.89. The summed E-state index contributed by atoms with van der Waals surface area (Å²) in [5.41, 5.74) is 1.13. The van der Waals surface area contributed by atoms with Gasteiger partial charge < -0.3 is 14.4 Å². The van der Waals surface area contributed by atoms with Crippen LogP contribution in [-0.2, 0) is 11.2 Å². The highest BCUT2D eigenvalue weighted by Crippen LogP contribution is 2.42. The Morgan fingerprint density at radius 2 is 2.00 bits per heavy atom. The summed E-state index contributed by atoms with van der Waals surface area (Å²) in [6.07, 6.45) is 0.787. The van der Waals surface area contributed by atoms with E-state index in [9.17, 15) is 4.79 Å². The van der Waals surface area contributed by atoms with Crippen molar-refractivity contribution >= 4 is 44.9 Å². The van der Waals surface area contributed by atoms with Crippen LogP contribution in [0.4, 0.5) is 0 Å². The number of rotatable bonds is 6. The normalized spacial score (nSPS) is 17.4. The molecule has 1 aromatic carbocycles. The molecule has 3 rings (SSSR count). The van der Waals surface area contributed by atoms with Crippen molar-refractivity contribution in [2.45, 2.75) is 11.8 Å². The Morgan fingerprint density at radius 1 is 1.21 bits per heavy atom. The highest BCUT2D eigenvalue weighted by Gasteiger charge is 2.33. The smallest absolute Gasteiger partial charge is 0.233 e. The summed E-state index contributed by atoms with van der Waals surface area (Å²) < 4.78 is 11.7. The number of thiophene rings is 1. The lowest BCUT2D eigenvalue weighted by atomic mass is 10.1. The van der Waals surface area contributed by atoms with Gasteiger partial charge in [-0.05, 0) is 52.2 Å². The van der Waals surface area contributed by atoms with Gasteiger partial charge in [-0.15, -0.1) is 23.1 Å². The number of carbonyl (C=O) groups excluding carboxylic acids is 1. The molecule has 24 heavy (non-hydrogen) atoms. The van der Waals surface area contributed by atoms with Gasteiger partial charge in [0, 0.05) is 11.4 Å². The maximum Gasteiger partial charge on any atom is 0.233 e. The Kier molecular flexibility index (Phi) is 5.73. The maximum atomic E-state index is 12.3. The van der Waals surface area contributed by atoms with E-state index >= 15 is 0 Å². The largest absolute Gasteiger partial charge is 0.493 e. The minimum atomic E-state index is 0.119. The molecule has 1 atom stereocenters. The molecule has 1 aliphatic rings. The third kappa shape index (κ3) is 3.73. The van der Waals surface area contributed by atoms with Crippen molar-refractivity contribution < 1.29 is 14.3 Å². The lowest BCUT2D eigenvalue weighted by Gasteiger charge is -2.23. The quantitative estimate of drug-likeness (QED) is 0.686. The molecule has 0 bridgehead atoms. The molecule has 2 aromatic rings. The highest BCUT2D eigenvalue weighted by atomic mass is 79.9. The number of thioether (sulfide) groups is 1. The summed E-state index contributed by atoms with van der Waals surface area (Å²) in [6.45, 7) is 0.696. The van der Waals surface area contributed by atoms with E-state index in [-0.39, 0.29) is 11.3 Å². The van der Waals surface area contributed by atoms with Gasteiger partial charge in [-0.3, -0.25) is 4.79 Å². The first kappa shape index (κ1) is 17.6. The van der Waals surface area contributed by atoms with Gasteiger partial charge in [0.1, 0.15) is 5.37 Å². The summed E-state index contributed by atoms with van der Waals surface area (Å²) in [7, 11) is 3.26. The van der Waals surface area contributed by atoms with Crippen LogP contribution in [0.3, 0.4) is 0 Å². The van der Waals surface area contributed by atoms with Crippen molar-refractivity contribution in [1.29, 1.82) is 0 Å². The summed E-state index contributed by atoms with van der Waals surface area (Å²) in [5.74, 6) is 2.19. The fourth-order valence-electron chi connectivity index (χ4n) is 2.68. The number of hydrogen-bond acceptors (Lipinski definition) is 5. The molecule has 0 saturated carbocycles. The Bertz CT molecular complexity index is 734. The minimum Gasteiger partial charge on any atom is -0.493 e. The number of amides is 1. The fraction of sp³-hybridized carbons (Fsp3) is 0.353. The molecule has 1 aliphatic heterocycles. The molecule has 7 heteroatoms. The number of halogens is 1. The molecule has 128 valence electrons. The zero-order chi connectivity index (χ0) is 17.1. The average molecular weight is 428 g/mol. The molecule has 1 fully saturated rings. The van der Waals surface area contributed by atoms with E-state index in [2.05, 4.69) is 22.0 Å². The predicted octanol–water partition coefficient (Wildman–Crippen LogP) is 4.34. The number of benzene rings is 1. The lowest BCUT2D eigenvalue weighted by molar-refractivity contribution is -0.127. The van der Waals surface area contributed by atoms with Crippen LogP contribution >= 0.6 is 39.0 Å². The number of ether oxygens (including phenoxy) is 2. The van der Waals surface area contributed by atoms with Crippen LogP contribution in [0.15, 0.2) is 34.1 Å². The molecule has 2 heterocycles. The first-order valence-corrected chi connectivity index (χ1v) is 10.2. The molecule has 0 aliphatic carbocycles. The van der Waals surface area contributed by atoms with Gasteiger partial charge >= 0.3 is 0 Å². The third-order valence-corrected chi connectivity index (χ3v) is 6.96. The van der Waals surface area contributed by atoms with Crippen molar-refractivity contribution in [2.24, 2.45) is 0 Å². The minimum absolute atomic E-state index is 0.119. The second-order valence-electron chi connectivity index (χ2n) is 5.33. The summed E-state index contributed by atoms with van der Waals surface area (Å²) in [6, 6.07) is 10.0. The number of carbonyl (C=O) groups is 1. The van der Waals surface area contributed by atoms with E-state index < -0.39 is 0 Å². The maximum absolute atomic E-state index is 12.3. The monoisotopic (exact) mass is 427 g/mol. The zero-order valence-corrected chi connectivity index (χ0v) is 16.7. The molecule has 1 amide bonds. The van der Waals surface area contributed by atoms with E-state index in [4.69, 9.17) is 9.47 Å². The molecule has 4 nitrogen and oxygen atoms in total. The van der Waals surface area contributed by atoms with Crippen LogP contribution in [0.25, 0.3) is 0 Å². The number of methoxy groups -OCH3 is 2. The molecule has 1 unspecified atom stereocenters. The fourth-order valence-corrected chi connectivity index (χ4v) is 5.56. The van der Waals surface area contributed by atoms with Gasteiger partial charge in [-0.2, -0.15) is 0 Å². The Labute approximate surface area is 158 Å². The summed E-state index contributed by atoms with van der Waals surface area (Å²) >= 11 is 6.88. The van der Waals surface area contributed by atoms with E-state index in [1.165, 1.54) is 4.88 Å². The molecule has 0 N–H and O–H groups in total. The van der Waals surface area contributed by atoms with Crippen LogP contribution in [0, 0.1) is 0 Å². The average Bonchev–Trinajstić information content (AvgIpc) is 3.18. The van der Waals surface area contributed by atoms with Crippen LogP contribution in [0.5, 0.6) is 11.5 Å². The standard InChI is InChI=1S/C17H18BrNO3S2/c1-21-12-4-3-11(9-13(12)22-2)7-8-19-16(20)10-23-17(19)14-5-6-15(18)24-14/h3-6,9,17H,7-8,10H2,1-2H3. The Hall–Kier alpha value is -1.18. The molecule has 0 spiro atoms. The summed E-state index contributed by atoms with van der Waals surface area (Å²) in [4.78, 5) is 15.4. The predicted molar refractivity (Wildman–Crippen MR) is 102 cm³/mol. The van der Waals surface area contributed by atoms with Crippen molar-refractivity contribution in [1.82, 2.24) is 4.90 Å². The van der Waals surface area contributed by atoms with Gasteiger partial charge in [0.05, 0.1) is 23.8 Å². The van der Waals surface area contributed by atoms with Crippen molar-refractivity contribution in [3.8, 4) is 11.5 Å². The van der Waals surface area contributed by atoms with Gasteiger partial charge in [0.15, 0.2) is 11.5 Å². The zero-order valence-electron chi connectivity index (χ0n) is 13.5. The van der Waals surface area contributed by atoms with Crippen LogP contribution in [-0.4, -0.2) is 37.3 Å². The Morgan fingerprint density at radius 3 is 2.67 bits per heavy atom. The second-order valence-corrected chi connectivity index (χ2v) is 8.89. The van der Waals surface area contributed by atoms with Crippen LogP contribution < -0.4 is 9.47 Å². The second kappa shape index (κ2) is 7.80. The Balaban J connectivity index is 1.71. The molecule has 1 aromatic heterocycles. The topological polar surface area (TPSA) is 38.8 Å². The molecule has 0 radical (unpaired) electrons. The van der Waals surface area contributed by atoms with Crippen molar-refractivity contribution in [2.75, 3.05) is 26.5 Å². The van der Waals surface area contributed by atoms with E-state index in [0.29, 0.717) is 12.3 Å². The van der Waals surface area contributed by atoms with Gasteiger partial charge in [0.2, 0.25) is 5.91 Å². The highest BCUT2D eigenvalue weighted by molar-refractivity contribution is 9.11. The molecule has 1 saturated heterocycles. The first-order valence-electron chi connectivity index (χ1n) is 7.49. The van der Waals surface area contributed by atoms with E-state index in [1.54, 1.807) is 37.3 Å². The summed E-state index contributed by atoms with van der Waals surface area (Å²) in [5, 5.41) is 0.119. The van der Waals surface area contributed by atoms with Crippen molar-refractivity contribution in [3.05, 3.63) is 44.6 Å². The van der Waals surface area contributed by atoms with Gasteiger partial charge in [0.25, 0.3) is 0 Å². The van der Waals surface area contributed by atoms with Gasteiger partial charge in [-0.1, -0.05) is 6.07 Å². The molecular formula is C17H18BrNO3S2.